The molecule has 1 aromatic carbocycles. The summed E-state index contributed by atoms with van der Waals surface area (Å²) in [7, 11) is 1.59. The number of benzene rings is 1. The lowest BCUT2D eigenvalue weighted by Gasteiger charge is -2.06. The maximum atomic E-state index is 11.7. The molecule has 0 radical (unpaired) electrons. The molecule has 0 saturated heterocycles. The molecule has 0 fully saturated rings. The van der Waals surface area contributed by atoms with Gasteiger partial charge in [-0.1, -0.05) is 12.1 Å². The van der Waals surface area contributed by atoms with Crippen molar-refractivity contribution in [2.24, 2.45) is 16.1 Å². The van der Waals surface area contributed by atoms with Crippen LogP contribution in [0.4, 0.5) is 0 Å². The number of rotatable bonds is 6. The van der Waals surface area contributed by atoms with E-state index in [9.17, 15) is 9.59 Å². The lowest BCUT2D eigenvalue weighted by Crippen LogP contribution is -2.25. The zero-order chi connectivity index (χ0) is 15.9. The normalized spacial score (nSPS) is 17.3. The Kier molecular flexibility index (Phi) is 5.24. The molecule has 0 saturated carbocycles. The molecule has 1 aliphatic heterocycles. The average molecular weight is 302 g/mol. The van der Waals surface area contributed by atoms with Crippen LogP contribution in [0.5, 0.6) is 5.75 Å². The molecular formula is C15H18N4O3. The zero-order valence-corrected chi connectivity index (χ0v) is 12.5. The molecule has 2 N–H and O–H groups in total. The molecule has 2 rings (SSSR count). The Morgan fingerprint density at radius 3 is 3.05 bits per heavy atom. The van der Waals surface area contributed by atoms with Crippen molar-refractivity contribution in [3.63, 3.8) is 0 Å². The second kappa shape index (κ2) is 7.35. The predicted molar refractivity (Wildman–Crippen MR) is 82.7 cm³/mol. The van der Waals surface area contributed by atoms with Gasteiger partial charge in [0, 0.05) is 12.1 Å². The van der Waals surface area contributed by atoms with E-state index in [0.717, 1.165) is 11.3 Å². The van der Waals surface area contributed by atoms with Crippen molar-refractivity contribution in [1.29, 1.82) is 0 Å². The maximum Gasteiger partial charge on any atom is 0.248 e. The van der Waals surface area contributed by atoms with Gasteiger partial charge in [-0.2, -0.15) is 10.2 Å². The fourth-order valence-electron chi connectivity index (χ4n) is 2.06. The number of hydrogen-bond donors (Lipinski definition) is 2. The number of hydrogen-bond acceptors (Lipinski definition) is 5. The van der Waals surface area contributed by atoms with Gasteiger partial charge in [0.2, 0.25) is 11.8 Å². The number of ether oxygens (including phenoxy) is 1. The van der Waals surface area contributed by atoms with Gasteiger partial charge in [0.05, 0.1) is 19.2 Å². The first-order valence-electron chi connectivity index (χ1n) is 6.90. The largest absolute Gasteiger partial charge is 0.497 e. The van der Waals surface area contributed by atoms with Gasteiger partial charge in [0.1, 0.15) is 5.75 Å². The predicted octanol–water partition coefficient (Wildman–Crippen LogP) is 1.05. The third-order valence-electron chi connectivity index (χ3n) is 3.32. The van der Waals surface area contributed by atoms with Crippen LogP contribution in [0.25, 0.3) is 0 Å². The van der Waals surface area contributed by atoms with Gasteiger partial charge in [-0.3, -0.25) is 9.59 Å². The topological polar surface area (TPSA) is 92.1 Å². The second-order valence-corrected chi connectivity index (χ2v) is 4.89. The molecule has 0 bridgehead atoms. The lowest BCUT2D eigenvalue weighted by molar-refractivity contribution is -0.123. The molecule has 0 aliphatic carbocycles. The molecule has 2 amide bonds. The Labute approximate surface area is 128 Å². The highest BCUT2D eigenvalue weighted by Gasteiger charge is 2.26. The Hall–Kier alpha value is -2.70. The summed E-state index contributed by atoms with van der Waals surface area (Å²) in [5.41, 5.74) is 6.36. The molecule has 1 aliphatic rings. The molecule has 1 unspecified atom stereocenters. The highest BCUT2D eigenvalue weighted by molar-refractivity contribution is 6.07. The van der Waals surface area contributed by atoms with E-state index in [1.165, 1.54) is 6.21 Å². The molecule has 7 heteroatoms. The standard InChI is InChI=1S/C15H18N4O3/c1-10-13(15(21)19-17-10)6-7-14(20)18-16-9-11-4-3-5-12(8-11)22-2/h3-5,8-9,13H,6-7H2,1-2H3,(H,18,20)(H,19,21). The van der Waals surface area contributed by atoms with Gasteiger partial charge >= 0.3 is 0 Å². The van der Waals surface area contributed by atoms with Crippen LogP contribution in [-0.2, 0) is 9.59 Å². The highest BCUT2D eigenvalue weighted by Crippen LogP contribution is 2.13. The van der Waals surface area contributed by atoms with Crippen molar-refractivity contribution in [1.82, 2.24) is 10.9 Å². The molecule has 1 aromatic rings. The van der Waals surface area contributed by atoms with Crippen LogP contribution in [0.15, 0.2) is 34.5 Å². The Bertz CT molecular complexity index is 625. The van der Waals surface area contributed by atoms with Gasteiger partial charge < -0.3 is 4.74 Å². The molecule has 1 heterocycles. The van der Waals surface area contributed by atoms with Crippen LogP contribution in [0.1, 0.15) is 25.3 Å². The van der Waals surface area contributed by atoms with Crippen molar-refractivity contribution in [2.45, 2.75) is 19.8 Å². The summed E-state index contributed by atoms with van der Waals surface area (Å²) in [6, 6.07) is 7.31. The molecular weight excluding hydrogens is 284 g/mol. The van der Waals surface area contributed by atoms with E-state index >= 15 is 0 Å². The van der Waals surface area contributed by atoms with Crippen LogP contribution >= 0.6 is 0 Å². The Morgan fingerprint density at radius 1 is 1.55 bits per heavy atom. The van der Waals surface area contributed by atoms with E-state index in [0.29, 0.717) is 12.1 Å². The number of nitrogens with zero attached hydrogens (tertiary/aromatic N) is 2. The van der Waals surface area contributed by atoms with Crippen LogP contribution in [0.3, 0.4) is 0 Å². The van der Waals surface area contributed by atoms with Crippen LogP contribution in [0, 0.1) is 5.92 Å². The smallest absolute Gasteiger partial charge is 0.248 e. The second-order valence-electron chi connectivity index (χ2n) is 4.89. The van der Waals surface area contributed by atoms with Gasteiger partial charge in [-0.05, 0) is 31.0 Å². The van der Waals surface area contributed by atoms with Crippen LogP contribution < -0.4 is 15.6 Å². The van der Waals surface area contributed by atoms with E-state index in [1.54, 1.807) is 20.1 Å². The summed E-state index contributed by atoms with van der Waals surface area (Å²) in [6.07, 6.45) is 2.16. The summed E-state index contributed by atoms with van der Waals surface area (Å²) in [5, 5.41) is 7.73. The quantitative estimate of drug-likeness (QED) is 0.607. The lowest BCUT2D eigenvalue weighted by atomic mass is 9.99. The summed E-state index contributed by atoms with van der Waals surface area (Å²) >= 11 is 0. The van der Waals surface area contributed by atoms with E-state index in [-0.39, 0.29) is 24.2 Å². The molecule has 22 heavy (non-hydrogen) atoms. The summed E-state index contributed by atoms with van der Waals surface area (Å²) in [4.78, 5) is 23.2. The minimum absolute atomic E-state index is 0.162. The van der Waals surface area contributed by atoms with Gasteiger partial charge in [0.25, 0.3) is 0 Å². The summed E-state index contributed by atoms with van der Waals surface area (Å²) in [5.74, 6) is -0.0118. The first-order valence-corrected chi connectivity index (χ1v) is 6.90. The van der Waals surface area contributed by atoms with E-state index in [2.05, 4.69) is 21.1 Å². The van der Waals surface area contributed by atoms with Crippen molar-refractivity contribution in [3.05, 3.63) is 29.8 Å². The Morgan fingerprint density at radius 2 is 2.36 bits per heavy atom. The van der Waals surface area contributed by atoms with E-state index in [4.69, 9.17) is 4.74 Å². The number of methoxy groups -OCH3 is 1. The number of hydrazone groups is 2. The van der Waals surface area contributed by atoms with Crippen molar-refractivity contribution in [2.75, 3.05) is 7.11 Å². The first-order chi connectivity index (χ1) is 10.6. The van der Waals surface area contributed by atoms with Crippen LogP contribution in [-0.4, -0.2) is 30.9 Å². The fourth-order valence-corrected chi connectivity index (χ4v) is 2.06. The molecule has 7 nitrogen and oxygen atoms in total. The average Bonchev–Trinajstić information content (AvgIpc) is 2.84. The summed E-state index contributed by atoms with van der Waals surface area (Å²) in [6.45, 7) is 1.77. The minimum atomic E-state index is -0.326. The van der Waals surface area contributed by atoms with Crippen molar-refractivity contribution >= 4 is 23.7 Å². The molecule has 0 aromatic heterocycles. The third kappa shape index (κ3) is 4.15. The monoisotopic (exact) mass is 302 g/mol. The molecule has 116 valence electrons. The third-order valence-corrected chi connectivity index (χ3v) is 3.32. The van der Waals surface area contributed by atoms with Gasteiger partial charge in [-0.25, -0.2) is 10.9 Å². The minimum Gasteiger partial charge on any atom is -0.497 e. The van der Waals surface area contributed by atoms with Crippen molar-refractivity contribution < 1.29 is 14.3 Å². The highest BCUT2D eigenvalue weighted by atomic mass is 16.5. The fraction of sp³-hybridized carbons (Fsp3) is 0.333. The van der Waals surface area contributed by atoms with Gasteiger partial charge in [0.15, 0.2) is 0 Å². The van der Waals surface area contributed by atoms with E-state index in [1.807, 2.05) is 18.2 Å². The van der Waals surface area contributed by atoms with Crippen molar-refractivity contribution in [3.8, 4) is 5.75 Å². The maximum absolute atomic E-state index is 11.7. The SMILES string of the molecule is COc1cccc(C=NNC(=O)CCC2C(=O)NN=C2C)c1. The number of carbonyl (C=O) groups is 2. The molecule has 1 atom stereocenters. The van der Waals surface area contributed by atoms with Gasteiger partial charge in [-0.15, -0.1) is 0 Å². The Balaban J connectivity index is 1.79. The van der Waals surface area contributed by atoms with E-state index < -0.39 is 0 Å². The molecule has 0 spiro atoms. The summed E-state index contributed by atoms with van der Waals surface area (Å²) < 4.78 is 5.10. The zero-order valence-electron chi connectivity index (χ0n) is 12.5. The number of nitrogens with one attached hydrogen (secondary N) is 2. The number of amides is 2. The van der Waals surface area contributed by atoms with Crippen LogP contribution in [0.2, 0.25) is 0 Å². The first kappa shape index (κ1) is 15.7. The number of carbonyl (C=O) groups excluding carboxylic acids is 2.